The molecule has 0 unspecified atom stereocenters. The minimum absolute atomic E-state index is 1.11. The Morgan fingerprint density at radius 2 is 1.10 bits per heavy atom. The summed E-state index contributed by atoms with van der Waals surface area (Å²) in [6.45, 7) is 0. The van der Waals surface area contributed by atoms with Crippen LogP contribution in [0.1, 0.15) is 18.4 Å². The third-order valence-electron chi connectivity index (χ3n) is 8.08. The van der Waals surface area contributed by atoms with Gasteiger partial charge in [0.2, 0.25) is 0 Å². The second-order valence-corrected chi connectivity index (χ2v) is 11.4. The summed E-state index contributed by atoms with van der Waals surface area (Å²) in [7, 11) is 0. The van der Waals surface area contributed by atoms with Gasteiger partial charge in [-0.25, -0.2) is 0 Å². The second-order valence-electron chi connectivity index (χ2n) is 10.3. The van der Waals surface area contributed by atoms with Crippen LogP contribution < -0.4 is 0 Å². The van der Waals surface area contributed by atoms with Gasteiger partial charge in [-0.3, -0.25) is 0 Å². The van der Waals surface area contributed by atoms with Gasteiger partial charge in [-0.05, 0) is 74.3 Å². The summed E-state index contributed by atoms with van der Waals surface area (Å²) in [5.41, 5.74) is 7.85. The zero-order valence-corrected chi connectivity index (χ0v) is 22.3. The van der Waals surface area contributed by atoms with Crippen LogP contribution in [0.25, 0.3) is 69.5 Å². The maximum atomic E-state index is 2.38. The van der Waals surface area contributed by atoms with Gasteiger partial charge < -0.3 is 0 Å². The average Bonchev–Trinajstić information content (AvgIpc) is 3.39. The lowest BCUT2D eigenvalue weighted by molar-refractivity contribution is 1.04. The zero-order valence-electron chi connectivity index (χ0n) is 21.5. The lowest BCUT2D eigenvalue weighted by Crippen LogP contribution is -1.92. The quantitative estimate of drug-likeness (QED) is 0.206. The van der Waals surface area contributed by atoms with E-state index in [1.54, 1.807) is 0 Å². The van der Waals surface area contributed by atoms with E-state index in [0.29, 0.717) is 0 Å². The van der Waals surface area contributed by atoms with E-state index in [0.717, 1.165) is 12.8 Å². The van der Waals surface area contributed by atoms with E-state index in [1.807, 2.05) is 11.3 Å². The van der Waals surface area contributed by atoms with Crippen LogP contribution in [0.5, 0.6) is 0 Å². The summed E-state index contributed by atoms with van der Waals surface area (Å²) in [5, 5.41) is 7.89. The van der Waals surface area contributed by atoms with Gasteiger partial charge in [0.15, 0.2) is 0 Å². The number of fused-ring (bicyclic) bond motifs is 5. The molecule has 184 valence electrons. The Morgan fingerprint density at radius 1 is 0.487 bits per heavy atom. The van der Waals surface area contributed by atoms with E-state index < -0.39 is 0 Å². The molecule has 0 saturated heterocycles. The van der Waals surface area contributed by atoms with E-state index in [4.69, 9.17) is 0 Å². The number of allylic oxidation sites excluding steroid dienone is 4. The molecule has 6 aromatic carbocycles. The summed E-state index contributed by atoms with van der Waals surface area (Å²) in [4.78, 5) is 0. The van der Waals surface area contributed by atoms with Crippen LogP contribution in [-0.4, -0.2) is 0 Å². The number of benzene rings is 6. The summed E-state index contributed by atoms with van der Waals surface area (Å²) >= 11 is 1.91. The third kappa shape index (κ3) is 3.58. The predicted molar refractivity (Wildman–Crippen MR) is 172 cm³/mol. The number of thiophene rings is 1. The SMILES string of the molecule is C1=CC(c2cccc(-c3c4ccccc4c(-c4cccc5c4sc4ccccc45)c4ccccc34)c2)=CCC1. The monoisotopic (exact) mass is 514 g/mol. The molecule has 0 nitrogen and oxygen atoms in total. The van der Waals surface area contributed by atoms with Crippen molar-refractivity contribution >= 4 is 58.6 Å². The molecule has 0 aliphatic heterocycles. The van der Waals surface area contributed by atoms with Gasteiger partial charge in [-0.15, -0.1) is 11.3 Å². The van der Waals surface area contributed by atoms with E-state index in [1.165, 1.54) is 75.1 Å². The van der Waals surface area contributed by atoms with Crippen molar-refractivity contribution < 1.29 is 0 Å². The summed E-state index contributed by atoms with van der Waals surface area (Å²) < 4.78 is 2.70. The van der Waals surface area contributed by atoms with E-state index in [9.17, 15) is 0 Å². The first-order chi connectivity index (χ1) is 19.4. The third-order valence-corrected chi connectivity index (χ3v) is 9.30. The fourth-order valence-corrected chi connectivity index (χ4v) is 7.58. The second kappa shape index (κ2) is 9.08. The van der Waals surface area contributed by atoms with Crippen molar-refractivity contribution in [2.24, 2.45) is 0 Å². The number of hydrogen-bond acceptors (Lipinski definition) is 1. The fraction of sp³-hybridized carbons (Fsp3) is 0.0526. The van der Waals surface area contributed by atoms with Crippen LogP contribution in [0.3, 0.4) is 0 Å². The Labute approximate surface area is 232 Å². The number of hydrogen-bond donors (Lipinski definition) is 0. The highest BCUT2D eigenvalue weighted by atomic mass is 32.1. The molecule has 39 heavy (non-hydrogen) atoms. The van der Waals surface area contributed by atoms with Crippen LogP contribution in [0, 0.1) is 0 Å². The fourth-order valence-electron chi connectivity index (χ4n) is 6.36. The van der Waals surface area contributed by atoms with Crippen molar-refractivity contribution in [2.45, 2.75) is 12.8 Å². The van der Waals surface area contributed by atoms with Gasteiger partial charge in [0.1, 0.15) is 0 Å². The highest BCUT2D eigenvalue weighted by molar-refractivity contribution is 7.26. The lowest BCUT2D eigenvalue weighted by Gasteiger charge is -2.19. The minimum Gasteiger partial charge on any atom is -0.135 e. The molecule has 0 atom stereocenters. The molecule has 0 fully saturated rings. The Balaban J connectivity index is 1.47. The molecule has 1 heterocycles. The smallest absolute Gasteiger partial charge is 0.0434 e. The van der Waals surface area contributed by atoms with Gasteiger partial charge in [0.25, 0.3) is 0 Å². The maximum Gasteiger partial charge on any atom is 0.0434 e. The molecule has 0 saturated carbocycles. The molecule has 1 heteroatoms. The van der Waals surface area contributed by atoms with Gasteiger partial charge in [-0.2, -0.15) is 0 Å². The molecule has 0 spiro atoms. The Hall–Kier alpha value is -4.46. The van der Waals surface area contributed by atoms with Crippen molar-refractivity contribution in [1.82, 2.24) is 0 Å². The standard InChI is InChI=1S/C38H26S/c1-2-12-25(13-3-1)26-14-10-15-27(24-26)36-29-17-4-6-19-31(29)37(32-20-7-5-18-30(32)36)34-22-11-21-33-28-16-8-9-23-35(28)39-38(33)34/h2,4-24H,1,3H2. The molecule has 8 rings (SSSR count). The van der Waals surface area contributed by atoms with Crippen LogP contribution in [0.15, 0.2) is 133 Å². The van der Waals surface area contributed by atoms with Crippen LogP contribution >= 0.6 is 11.3 Å². The molecule has 0 N–H and O–H groups in total. The van der Waals surface area contributed by atoms with Crippen molar-refractivity contribution in [3.63, 3.8) is 0 Å². The summed E-state index contributed by atoms with van der Waals surface area (Å²) in [6.07, 6.45) is 9.17. The molecule has 1 aliphatic carbocycles. The first-order valence-corrected chi connectivity index (χ1v) is 14.5. The highest BCUT2D eigenvalue weighted by Gasteiger charge is 2.19. The topological polar surface area (TPSA) is 0 Å². The molecular weight excluding hydrogens is 488 g/mol. The highest BCUT2D eigenvalue weighted by Crippen LogP contribution is 2.47. The summed E-state index contributed by atoms with van der Waals surface area (Å²) in [6, 6.07) is 42.7. The average molecular weight is 515 g/mol. The Bertz CT molecular complexity index is 2060. The van der Waals surface area contributed by atoms with Gasteiger partial charge in [-0.1, -0.05) is 121 Å². The van der Waals surface area contributed by atoms with Crippen molar-refractivity contribution in [3.05, 3.63) is 139 Å². The molecule has 1 aliphatic rings. The van der Waals surface area contributed by atoms with E-state index in [-0.39, 0.29) is 0 Å². The van der Waals surface area contributed by atoms with Gasteiger partial charge in [0.05, 0.1) is 0 Å². The van der Waals surface area contributed by atoms with Crippen molar-refractivity contribution in [1.29, 1.82) is 0 Å². The first-order valence-electron chi connectivity index (χ1n) is 13.7. The first kappa shape index (κ1) is 22.5. The lowest BCUT2D eigenvalue weighted by atomic mass is 9.85. The van der Waals surface area contributed by atoms with Crippen LogP contribution in [0.4, 0.5) is 0 Å². The minimum atomic E-state index is 1.11. The molecule has 7 aromatic rings. The van der Waals surface area contributed by atoms with E-state index in [2.05, 4.69) is 133 Å². The van der Waals surface area contributed by atoms with Gasteiger partial charge >= 0.3 is 0 Å². The largest absolute Gasteiger partial charge is 0.135 e. The Kier molecular flexibility index (Phi) is 5.24. The number of rotatable bonds is 3. The Morgan fingerprint density at radius 3 is 1.82 bits per heavy atom. The zero-order chi connectivity index (χ0) is 25.8. The van der Waals surface area contributed by atoms with Crippen molar-refractivity contribution in [2.75, 3.05) is 0 Å². The molecule has 0 radical (unpaired) electrons. The molecular formula is C38H26S. The maximum absolute atomic E-state index is 2.38. The molecule has 1 aromatic heterocycles. The molecule has 0 bridgehead atoms. The molecule has 0 amide bonds. The van der Waals surface area contributed by atoms with Crippen molar-refractivity contribution in [3.8, 4) is 22.3 Å². The van der Waals surface area contributed by atoms with E-state index >= 15 is 0 Å². The normalized spacial score (nSPS) is 13.5. The van der Waals surface area contributed by atoms with Crippen LogP contribution in [-0.2, 0) is 0 Å². The van der Waals surface area contributed by atoms with Gasteiger partial charge in [0, 0.05) is 25.7 Å². The summed E-state index contributed by atoms with van der Waals surface area (Å²) in [5.74, 6) is 0. The van der Waals surface area contributed by atoms with Crippen LogP contribution in [0.2, 0.25) is 0 Å². The predicted octanol–water partition coefficient (Wildman–Crippen LogP) is 11.4.